The molecule has 2 fully saturated rings. The predicted molar refractivity (Wildman–Crippen MR) is 90.4 cm³/mol. The van der Waals surface area contributed by atoms with Crippen LogP contribution in [0.25, 0.3) is 0 Å². The molecule has 21 heavy (non-hydrogen) atoms. The zero-order chi connectivity index (χ0) is 14.5. The third-order valence-corrected chi connectivity index (χ3v) is 5.02. The predicted octanol–water partition coefficient (Wildman–Crippen LogP) is 5.15. The van der Waals surface area contributed by atoms with E-state index in [4.69, 9.17) is 0 Å². The van der Waals surface area contributed by atoms with Gasteiger partial charge in [-0.05, 0) is 49.3 Å². The van der Waals surface area contributed by atoms with Crippen molar-refractivity contribution in [2.24, 2.45) is 0 Å². The molecule has 0 radical (unpaired) electrons. The first-order chi connectivity index (χ1) is 10.3. The van der Waals surface area contributed by atoms with Crippen LogP contribution in [0.2, 0.25) is 0 Å². The molecular formula is C19H28N2. The minimum atomic E-state index is 0.617. The Kier molecular flexibility index (Phi) is 4.84. The molecule has 2 nitrogen and oxygen atoms in total. The van der Waals surface area contributed by atoms with Crippen molar-refractivity contribution in [3.63, 3.8) is 0 Å². The summed E-state index contributed by atoms with van der Waals surface area (Å²) in [5.41, 5.74) is 2.65. The molecule has 0 amide bonds. The molecule has 0 aromatic heterocycles. The van der Waals surface area contributed by atoms with E-state index in [1.807, 2.05) is 0 Å². The maximum atomic E-state index is 4.10. The average molecular weight is 284 g/mol. The van der Waals surface area contributed by atoms with Gasteiger partial charge in [0.1, 0.15) is 0 Å². The third kappa shape index (κ3) is 4.03. The second-order valence-electron chi connectivity index (χ2n) is 6.69. The molecule has 0 spiro atoms. The monoisotopic (exact) mass is 284 g/mol. The zero-order valence-electron chi connectivity index (χ0n) is 13.0. The second kappa shape index (κ2) is 7.02. The summed E-state index contributed by atoms with van der Waals surface area (Å²) in [5, 5.41) is 6.89. The molecule has 0 saturated heterocycles. The highest BCUT2D eigenvalue weighted by Gasteiger charge is 2.16. The van der Waals surface area contributed by atoms with Crippen molar-refractivity contribution in [1.29, 1.82) is 0 Å². The molecule has 0 unspecified atom stereocenters. The van der Waals surface area contributed by atoms with Gasteiger partial charge in [-0.3, -0.25) is 0 Å². The molecule has 1 aromatic carbocycles. The summed E-state index contributed by atoms with van der Waals surface area (Å²) in [6.07, 6.45) is 12.2. The van der Waals surface area contributed by atoms with E-state index in [0.717, 1.165) is 17.4 Å². The minimum Gasteiger partial charge on any atom is -0.369 e. The highest BCUT2D eigenvalue weighted by molar-refractivity contribution is 5.49. The van der Waals surface area contributed by atoms with Crippen molar-refractivity contribution >= 4 is 5.69 Å². The van der Waals surface area contributed by atoms with E-state index >= 15 is 0 Å². The van der Waals surface area contributed by atoms with Crippen LogP contribution in [0, 0.1) is 0 Å². The molecule has 2 aliphatic rings. The quantitative estimate of drug-likeness (QED) is 0.781. The highest BCUT2D eigenvalue weighted by atomic mass is 15.1. The van der Waals surface area contributed by atoms with E-state index in [0.29, 0.717) is 6.04 Å². The lowest BCUT2D eigenvalue weighted by Crippen LogP contribution is -2.28. The average Bonchev–Trinajstić information content (AvgIpc) is 3.02. The number of benzene rings is 1. The molecule has 3 rings (SSSR count). The van der Waals surface area contributed by atoms with Gasteiger partial charge in [-0.25, -0.2) is 0 Å². The van der Waals surface area contributed by atoms with Gasteiger partial charge < -0.3 is 10.6 Å². The fraction of sp³-hybridized carbons (Fsp3) is 0.579. The van der Waals surface area contributed by atoms with Crippen molar-refractivity contribution < 1.29 is 0 Å². The van der Waals surface area contributed by atoms with Crippen molar-refractivity contribution in [2.75, 3.05) is 5.32 Å². The van der Waals surface area contributed by atoms with E-state index < -0.39 is 0 Å². The third-order valence-electron chi connectivity index (χ3n) is 5.02. The summed E-state index contributed by atoms with van der Waals surface area (Å²) in [7, 11) is 0. The Labute approximate surface area is 129 Å². The van der Waals surface area contributed by atoms with Crippen molar-refractivity contribution in [3.05, 3.63) is 42.2 Å². The Hall–Kier alpha value is -1.44. The Balaban J connectivity index is 1.52. The molecule has 0 atom stereocenters. The summed E-state index contributed by atoms with van der Waals surface area (Å²) < 4.78 is 0. The van der Waals surface area contributed by atoms with E-state index in [1.165, 1.54) is 63.4 Å². The van der Waals surface area contributed by atoms with Crippen LogP contribution in [-0.2, 0) is 0 Å². The topological polar surface area (TPSA) is 24.1 Å². The zero-order valence-corrected chi connectivity index (χ0v) is 13.0. The van der Waals surface area contributed by atoms with Crippen LogP contribution in [0.1, 0.15) is 69.3 Å². The van der Waals surface area contributed by atoms with Gasteiger partial charge in [0.2, 0.25) is 0 Å². The van der Waals surface area contributed by atoms with E-state index in [-0.39, 0.29) is 0 Å². The van der Waals surface area contributed by atoms with Crippen LogP contribution in [-0.4, -0.2) is 6.04 Å². The maximum Gasteiger partial charge on any atom is 0.0959 e. The smallest absolute Gasteiger partial charge is 0.0959 e. The molecule has 2 aliphatic carbocycles. The van der Waals surface area contributed by atoms with Gasteiger partial charge in [0.05, 0.1) is 5.82 Å². The second-order valence-corrected chi connectivity index (χ2v) is 6.69. The standard InChI is InChI=1S/C19H28N2/c1-15(20-18-9-5-6-10-18)21-19-13-11-17(12-14-19)16-7-3-2-4-8-16/h11-14,16,18,20-21H,1-10H2. The van der Waals surface area contributed by atoms with Gasteiger partial charge in [-0.1, -0.05) is 50.8 Å². The number of anilines is 1. The normalized spacial score (nSPS) is 20.4. The summed E-state index contributed by atoms with van der Waals surface area (Å²) in [6, 6.07) is 9.60. The summed E-state index contributed by atoms with van der Waals surface area (Å²) in [5.74, 6) is 1.72. The molecule has 0 bridgehead atoms. The summed E-state index contributed by atoms with van der Waals surface area (Å²) >= 11 is 0. The van der Waals surface area contributed by atoms with Crippen LogP contribution >= 0.6 is 0 Å². The number of nitrogens with one attached hydrogen (secondary N) is 2. The van der Waals surface area contributed by atoms with Gasteiger partial charge >= 0.3 is 0 Å². The molecule has 0 aliphatic heterocycles. The van der Waals surface area contributed by atoms with Crippen LogP contribution in [0.3, 0.4) is 0 Å². The van der Waals surface area contributed by atoms with Gasteiger partial charge in [-0.2, -0.15) is 0 Å². The van der Waals surface area contributed by atoms with Gasteiger partial charge in [-0.15, -0.1) is 0 Å². The van der Waals surface area contributed by atoms with E-state index in [1.54, 1.807) is 0 Å². The van der Waals surface area contributed by atoms with Crippen molar-refractivity contribution in [1.82, 2.24) is 5.32 Å². The van der Waals surface area contributed by atoms with Gasteiger partial charge in [0.25, 0.3) is 0 Å². The lowest BCUT2D eigenvalue weighted by atomic mass is 9.84. The van der Waals surface area contributed by atoms with Gasteiger partial charge in [0.15, 0.2) is 0 Å². The van der Waals surface area contributed by atoms with E-state index in [9.17, 15) is 0 Å². The largest absolute Gasteiger partial charge is 0.369 e. The van der Waals surface area contributed by atoms with Crippen LogP contribution in [0.15, 0.2) is 36.7 Å². The highest BCUT2D eigenvalue weighted by Crippen LogP contribution is 2.33. The maximum absolute atomic E-state index is 4.10. The molecule has 1 aromatic rings. The van der Waals surface area contributed by atoms with Crippen molar-refractivity contribution in [3.8, 4) is 0 Å². The Morgan fingerprint density at radius 2 is 1.48 bits per heavy atom. The fourth-order valence-corrected chi connectivity index (χ4v) is 3.80. The Morgan fingerprint density at radius 3 is 2.14 bits per heavy atom. The number of hydrogen-bond donors (Lipinski definition) is 2. The SMILES string of the molecule is C=C(Nc1ccc(C2CCCCC2)cc1)NC1CCCC1. The fourth-order valence-electron chi connectivity index (χ4n) is 3.80. The number of rotatable bonds is 5. The first-order valence-corrected chi connectivity index (χ1v) is 8.64. The first kappa shape index (κ1) is 14.5. The molecule has 2 N–H and O–H groups in total. The molecule has 114 valence electrons. The van der Waals surface area contributed by atoms with E-state index in [2.05, 4.69) is 41.5 Å². The van der Waals surface area contributed by atoms with Crippen LogP contribution < -0.4 is 10.6 Å². The summed E-state index contributed by atoms with van der Waals surface area (Å²) in [6.45, 7) is 4.10. The number of hydrogen-bond acceptors (Lipinski definition) is 2. The minimum absolute atomic E-state index is 0.617. The lowest BCUT2D eigenvalue weighted by Gasteiger charge is -2.22. The first-order valence-electron chi connectivity index (χ1n) is 8.64. The molecular weight excluding hydrogens is 256 g/mol. The van der Waals surface area contributed by atoms with Crippen LogP contribution in [0.4, 0.5) is 5.69 Å². The van der Waals surface area contributed by atoms with Crippen LogP contribution in [0.5, 0.6) is 0 Å². The Morgan fingerprint density at radius 1 is 0.857 bits per heavy atom. The molecule has 2 heteroatoms. The summed E-state index contributed by atoms with van der Waals surface area (Å²) in [4.78, 5) is 0. The van der Waals surface area contributed by atoms with Crippen molar-refractivity contribution in [2.45, 2.75) is 69.7 Å². The van der Waals surface area contributed by atoms with Gasteiger partial charge in [0, 0.05) is 11.7 Å². The molecule has 2 saturated carbocycles. The Bertz CT molecular complexity index is 451. The lowest BCUT2D eigenvalue weighted by molar-refractivity contribution is 0.443. The molecule has 0 heterocycles.